The second-order valence-corrected chi connectivity index (χ2v) is 6.86. The molecule has 8 heteroatoms. The monoisotopic (exact) mass is 373 g/mol. The van der Waals surface area contributed by atoms with Crippen LogP contribution in [0.15, 0.2) is 36.7 Å². The van der Waals surface area contributed by atoms with E-state index in [-0.39, 0.29) is 17.9 Å². The number of halogens is 2. The second-order valence-electron chi connectivity index (χ2n) is 6.86. The fourth-order valence-corrected chi connectivity index (χ4v) is 3.15. The fourth-order valence-electron chi connectivity index (χ4n) is 3.15. The molecule has 0 radical (unpaired) electrons. The number of nitrogens with zero attached hydrogens (tertiary/aromatic N) is 3. The first-order valence-corrected chi connectivity index (χ1v) is 8.93. The average Bonchev–Trinajstić information content (AvgIpc) is 3.21. The minimum absolute atomic E-state index is 0.134. The Balaban J connectivity index is 1.66. The molecule has 1 aliphatic rings. The third-order valence-corrected chi connectivity index (χ3v) is 4.41. The predicted molar refractivity (Wildman–Crippen MR) is 99.3 cm³/mol. The molecule has 27 heavy (non-hydrogen) atoms. The van der Waals surface area contributed by atoms with Crippen molar-refractivity contribution in [3.05, 3.63) is 42.5 Å². The third kappa shape index (κ3) is 3.57. The van der Waals surface area contributed by atoms with E-state index in [0.717, 1.165) is 0 Å². The molecule has 1 fully saturated rings. The van der Waals surface area contributed by atoms with Crippen LogP contribution in [0.1, 0.15) is 13.8 Å². The Morgan fingerprint density at radius 1 is 1.33 bits per heavy atom. The maximum absolute atomic E-state index is 14.4. The van der Waals surface area contributed by atoms with Crippen LogP contribution in [0.25, 0.3) is 17.0 Å². The molecule has 4 heterocycles. The van der Waals surface area contributed by atoms with Gasteiger partial charge in [0.15, 0.2) is 11.6 Å². The molecule has 2 unspecified atom stereocenters. The van der Waals surface area contributed by atoms with Crippen LogP contribution in [0.5, 0.6) is 5.75 Å². The topological polar surface area (TPSA) is 63.5 Å². The van der Waals surface area contributed by atoms with Crippen molar-refractivity contribution in [2.45, 2.75) is 32.2 Å². The largest absolute Gasteiger partial charge is 0.488 e. The maximum Gasteiger partial charge on any atom is 0.181 e. The van der Waals surface area contributed by atoms with Crippen LogP contribution >= 0.6 is 0 Å². The third-order valence-electron chi connectivity index (χ3n) is 4.41. The fraction of sp³-hybridized carbons (Fsp3) is 0.368. The molecule has 0 amide bonds. The van der Waals surface area contributed by atoms with Crippen LogP contribution in [0.2, 0.25) is 0 Å². The molecule has 142 valence electrons. The summed E-state index contributed by atoms with van der Waals surface area (Å²) >= 11 is 0. The summed E-state index contributed by atoms with van der Waals surface area (Å²) in [5.41, 5.74) is 1.82. The summed E-state index contributed by atoms with van der Waals surface area (Å²) in [6.07, 6.45) is 1.88. The Morgan fingerprint density at radius 3 is 2.93 bits per heavy atom. The highest BCUT2D eigenvalue weighted by Gasteiger charge is 2.26. The van der Waals surface area contributed by atoms with Gasteiger partial charge >= 0.3 is 0 Å². The van der Waals surface area contributed by atoms with Crippen LogP contribution in [0.4, 0.5) is 14.6 Å². The highest BCUT2D eigenvalue weighted by molar-refractivity contribution is 5.63. The molecule has 0 aliphatic carbocycles. The lowest BCUT2D eigenvalue weighted by molar-refractivity contribution is 0.231. The van der Waals surface area contributed by atoms with Gasteiger partial charge in [-0.3, -0.25) is 4.40 Å². The smallest absolute Gasteiger partial charge is 0.181 e. The number of imidazole rings is 1. The molecule has 0 aromatic carbocycles. The van der Waals surface area contributed by atoms with Crippen LogP contribution in [-0.2, 0) is 0 Å². The minimum atomic E-state index is -0.959. The normalized spacial score (nSPS) is 19.7. The second kappa shape index (κ2) is 7.11. The molecule has 0 bridgehead atoms. The van der Waals surface area contributed by atoms with E-state index < -0.39 is 12.0 Å². The van der Waals surface area contributed by atoms with Crippen molar-refractivity contribution in [3.8, 4) is 17.1 Å². The quantitative estimate of drug-likeness (QED) is 0.720. The van der Waals surface area contributed by atoms with Gasteiger partial charge in [-0.1, -0.05) is 6.07 Å². The van der Waals surface area contributed by atoms with Crippen LogP contribution in [0.3, 0.4) is 0 Å². The van der Waals surface area contributed by atoms with Gasteiger partial charge in [-0.15, -0.1) is 0 Å². The van der Waals surface area contributed by atoms with Crippen molar-refractivity contribution in [3.63, 3.8) is 0 Å². The Hall–Kier alpha value is -2.74. The van der Waals surface area contributed by atoms with E-state index in [2.05, 4.69) is 20.6 Å². The Morgan fingerprint density at radius 2 is 2.19 bits per heavy atom. The SMILES string of the molecule is CC(C)Oc1cc2ncc(-c3cccc(NC4CNCC4F)n3)n2cc1F. The van der Waals surface area contributed by atoms with E-state index in [0.29, 0.717) is 35.9 Å². The van der Waals surface area contributed by atoms with Crippen molar-refractivity contribution < 1.29 is 13.5 Å². The molecule has 3 aromatic heterocycles. The van der Waals surface area contributed by atoms with E-state index in [9.17, 15) is 8.78 Å². The van der Waals surface area contributed by atoms with Gasteiger partial charge in [0.05, 0.1) is 35.9 Å². The number of ether oxygens (including phenoxy) is 1. The van der Waals surface area contributed by atoms with Gasteiger partial charge in [-0.05, 0) is 26.0 Å². The van der Waals surface area contributed by atoms with Crippen LogP contribution in [-0.4, -0.2) is 45.8 Å². The van der Waals surface area contributed by atoms with E-state index in [1.165, 1.54) is 6.20 Å². The lowest BCUT2D eigenvalue weighted by Crippen LogP contribution is -2.29. The number of hydrogen-bond acceptors (Lipinski definition) is 5. The highest BCUT2D eigenvalue weighted by atomic mass is 19.1. The molecule has 6 nitrogen and oxygen atoms in total. The number of pyridine rings is 2. The molecule has 2 atom stereocenters. The van der Waals surface area contributed by atoms with Crippen molar-refractivity contribution in [2.24, 2.45) is 0 Å². The van der Waals surface area contributed by atoms with Gasteiger partial charge in [0.2, 0.25) is 0 Å². The summed E-state index contributed by atoms with van der Waals surface area (Å²) in [4.78, 5) is 8.88. The first-order valence-electron chi connectivity index (χ1n) is 8.93. The van der Waals surface area contributed by atoms with E-state index >= 15 is 0 Å². The number of hydrogen-bond donors (Lipinski definition) is 2. The summed E-state index contributed by atoms with van der Waals surface area (Å²) in [6, 6.07) is 6.67. The van der Waals surface area contributed by atoms with E-state index in [1.54, 1.807) is 22.7 Å². The first-order chi connectivity index (χ1) is 13.0. The van der Waals surface area contributed by atoms with Crippen LogP contribution < -0.4 is 15.4 Å². The summed E-state index contributed by atoms with van der Waals surface area (Å²) in [5, 5.41) is 6.11. The summed E-state index contributed by atoms with van der Waals surface area (Å²) in [5.74, 6) is 0.266. The number of rotatable bonds is 5. The van der Waals surface area contributed by atoms with E-state index in [4.69, 9.17) is 4.74 Å². The zero-order chi connectivity index (χ0) is 19.0. The zero-order valence-corrected chi connectivity index (χ0v) is 15.1. The molecule has 1 aliphatic heterocycles. The maximum atomic E-state index is 14.4. The van der Waals surface area contributed by atoms with Crippen molar-refractivity contribution in [1.82, 2.24) is 19.7 Å². The van der Waals surface area contributed by atoms with Gasteiger partial charge in [0.25, 0.3) is 0 Å². The first kappa shape index (κ1) is 17.7. The van der Waals surface area contributed by atoms with E-state index in [1.807, 2.05) is 26.0 Å². The zero-order valence-electron chi connectivity index (χ0n) is 15.1. The van der Waals surface area contributed by atoms with Gasteiger partial charge in [0, 0.05) is 19.2 Å². The predicted octanol–water partition coefficient (Wildman–Crippen LogP) is 3.04. The number of nitrogens with one attached hydrogen (secondary N) is 2. The van der Waals surface area contributed by atoms with Gasteiger partial charge < -0.3 is 15.4 Å². The van der Waals surface area contributed by atoms with Gasteiger partial charge in [-0.2, -0.15) is 0 Å². The minimum Gasteiger partial charge on any atom is -0.488 e. The van der Waals surface area contributed by atoms with Crippen molar-refractivity contribution >= 4 is 11.5 Å². The Labute approximate surface area is 155 Å². The molecule has 0 spiro atoms. The number of alkyl halides is 1. The van der Waals surface area contributed by atoms with Crippen molar-refractivity contribution in [1.29, 1.82) is 0 Å². The molecule has 1 saturated heterocycles. The molecule has 0 saturated carbocycles. The number of fused-ring (bicyclic) bond motifs is 1. The Bertz CT molecular complexity index is 958. The lowest BCUT2D eigenvalue weighted by Gasteiger charge is -2.15. The number of aromatic nitrogens is 3. The summed E-state index contributed by atoms with van der Waals surface area (Å²) < 4.78 is 35.3. The molecule has 4 rings (SSSR count). The lowest BCUT2D eigenvalue weighted by atomic mass is 10.2. The van der Waals surface area contributed by atoms with Crippen LogP contribution in [0, 0.1) is 5.82 Å². The standard InChI is InChI=1S/C19H21F2N5O/c1-11(2)27-17-6-19-23-9-16(26(19)10-13(17)21)14-4-3-5-18(24-14)25-15-8-22-7-12(15)20/h3-6,9-12,15,22H,7-8H2,1-2H3,(H,24,25). The van der Waals surface area contributed by atoms with Gasteiger partial charge in [0.1, 0.15) is 17.6 Å². The average molecular weight is 373 g/mol. The molecular formula is C19H21F2N5O. The summed E-state index contributed by atoms with van der Waals surface area (Å²) in [7, 11) is 0. The number of anilines is 1. The van der Waals surface area contributed by atoms with Gasteiger partial charge in [-0.25, -0.2) is 18.7 Å². The molecule has 2 N–H and O–H groups in total. The highest BCUT2D eigenvalue weighted by Crippen LogP contribution is 2.26. The molecule has 3 aromatic rings. The summed E-state index contributed by atoms with van der Waals surface area (Å²) in [6.45, 7) is 4.56. The molecular weight excluding hydrogens is 352 g/mol. The Kier molecular flexibility index (Phi) is 4.65. The van der Waals surface area contributed by atoms with Crippen molar-refractivity contribution in [2.75, 3.05) is 18.4 Å².